The molecule has 120 valence electrons. The maximum atomic E-state index is 12.5. The number of aryl methyl sites for hydroxylation is 1. The van der Waals surface area contributed by atoms with Gasteiger partial charge in [-0.15, -0.1) is 0 Å². The van der Waals surface area contributed by atoms with Crippen LogP contribution in [-0.2, 0) is 7.05 Å². The highest BCUT2D eigenvalue weighted by Crippen LogP contribution is 2.26. The standard InChI is InChI=1S/C16H20N6O/c1-17-6-7-21(2)16(23)11-4-5-14-13(8-11)15(20-19-14)12-9-18-22(3)10-12/h4-5,8-10,17H,6-7H2,1-3H3,(H,19,20). The van der Waals surface area contributed by atoms with E-state index in [0.29, 0.717) is 12.1 Å². The van der Waals surface area contributed by atoms with Crippen LogP contribution in [0.25, 0.3) is 22.2 Å². The van der Waals surface area contributed by atoms with Gasteiger partial charge in [0.25, 0.3) is 5.91 Å². The Morgan fingerprint density at radius 1 is 1.43 bits per heavy atom. The minimum atomic E-state index is 0.000451. The summed E-state index contributed by atoms with van der Waals surface area (Å²) in [6.45, 7) is 1.42. The summed E-state index contributed by atoms with van der Waals surface area (Å²) in [5.74, 6) is 0.000451. The van der Waals surface area contributed by atoms with E-state index in [2.05, 4.69) is 20.6 Å². The van der Waals surface area contributed by atoms with Gasteiger partial charge in [-0.05, 0) is 25.2 Å². The Bertz CT molecular complexity index is 834. The number of hydrogen-bond donors (Lipinski definition) is 2. The summed E-state index contributed by atoms with van der Waals surface area (Å²) in [7, 11) is 5.54. The molecule has 0 saturated carbocycles. The van der Waals surface area contributed by atoms with Gasteiger partial charge in [0.15, 0.2) is 0 Å². The Morgan fingerprint density at radius 3 is 2.96 bits per heavy atom. The van der Waals surface area contributed by atoms with E-state index >= 15 is 0 Å². The Kier molecular flexibility index (Phi) is 4.12. The molecule has 2 heterocycles. The molecule has 0 aliphatic heterocycles. The van der Waals surface area contributed by atoms with Gasteiger partial charge >= 0.3 is 0 Å². The van der Waals surface area contributed by atoms with Crippen LogP contribution in [0.1, 0.15) is 10.4 Å². The van der Waals surface area contributed by atoms with Gasteiger partial charge in [0.2, 0.25) is 0 Å². The SMILES string of the molecule is CNCCN(C)C(=O)c1ccc2[nH]nc(-c3cnn(C)c3)c2c1. The quantitative estimate of drug-likeness (QED) is 0.743. The molecule has 7 heteroatoms. The van der Waals surface area contributed by atoms with Crippen LogP contribution in [-0.4, -0.2) is 58.0 Å². The average Bonchev–Trinajstić information content (AvgIpc) is 3.16. The van der Waals surface area contributed by atoms with Gasteiger partial charge in [-0.25, -0.2) is 0 Å². The lowest BCUT2D eigenvalue weighted by molar-refractivity contribution is 0.0797. The molecular formula is C16H20N6O. The molecule has 0 fully saturated rings. The van der Waals surface area contributed by atoms with E-state index in [1.807, 2.05) is 38.5 Å². The molecule has 1 amide bonds. The number of carbonyl (C=O) groups is 1. The number of H-pyrrole nitrogens is 1. The maximum Gasteiger partial charge on any atom is 0.253 e. The van der Waals surface area contributed by atoms with Crippen LogP contribution < -0.4 is 5.32 Å². The molecule has 1 aromatic carbocycles. The third kappa shape index (κ3) is 2.95. The van der Waals surface area contributed by atoms with Crippen LogP contribution >= 0.6 is 0 Å². The van der Waals surface area contributed by atoms with Crippen molar-refractivity contribution in [3.63, 3.8) is 0 Å². The first-order chi connectivity index (χ1) is 11.1. The highest BCUT2D eigenvalue weighted by atomic mass is 16.2. The van der Waals surface area contributed by atoms with E-state index in [1.54, 1.807) is 22.8 Å². The molecule has 0 atom stereocenters. The van der Waals surface area contributed by atoms with Crippen molar-refractivity contribution in [2.45, 2.75) is 0 Å². The lowest BCUT2D eigenvalue weighted by atomic mass is 10.1. The van der Waals surface area contributed by atoms with Crippen LogP contribution in [0, 0.1) is 0 Å². The van der Waals surface area contributed by atoms with Crippen molar-refractivity contribution in [2.75, 3.05) is 27.2 Å². The molecule has 7 nitrogen and oxygen atoms in total. The Balaban J connectivity index is 1.96. The Morgan fingerprint density at radius 2 is 2.26 bits per heavy atom. The number of carbonyl (C=O) groups excluding carboxylic acids is 1. The van der Waals surface area contributed by atoms with Crippen LogP contribution in [0.4, 0.5) is 0 Å². The molecule has 2 N–H and O–H groups in total. The first-order valence-corrected chi connectivity index (χ1v) is 7.47. The van der Waals surface area contributed by atoms with Gasteiger partial charge in [-0.1, -0.05) is 0 Å². The van der Waals surface area contributed by atoms with E-state index in [4.69, 9.17) is 0 Å². The zero-order valence-corrected chi connectivity index (χ0v) is 13.5. The molecule has 3 aromatic rings. The number of aromatic amines is 1. The van der Waals surface area contributed by atoms with Gasteiger partial charge < -0.3 is 10.2 Å². The Labute approximate surface area is 134 Å². The second-order valence-electron chi connectivity index (χ2n) is 5.57. The molecule has 3 rings (SSSR count). The number of nitrogens with zero attached hydrogens (tertiary/aromatic N) is 4. The van der Waals surface area contributed by atoms with Crippen molar-refractivity contribution < 1.29 is 4.79 Å². The van der Waals surface area contributed by atoms with Crippen molar-refractivity contribution in [3.8, 4) is 11.3 Å². The van der Waals surface area contributed by atoms with Crippen molar-refractivity contribution in [1.29, 1.82) is 0 Å². The smallest absolute Gasteiger partial charge is 0.253 e. The Hall–Kier alpha value is -2.67. The summed E-state index contributed by atoms with van der Waals surface area (Å²) >= 11 is 0. The molecule has 2 aromatic heterocycles. The number of nitrogens with one attached hydrogen (secondary N) is 2. The minimum Gasteiger partial charge on any atom is -0.340 e. The predicted molar refractivity (Wildman–Crippen MR) is 89.2 cm³/mol. The summed E-state index contributed by atoms with van der Waals surface area (Å²) in [6.07, 6.45) is 3.67. The topological polar surface area (TPSA) is 78.8 Å². The molecule has 0 radical (unpaired) electrons. The fraction of sp³-hybridized carbons (Fsp3) is 0.312. The van der Waals surface area contributed by atoms with E-state index in [1.165, 1.54) is 0 Å². The minimum absolute atomic E-state index is 0.000451. The summed E-state index contributed by atoms with van der Waals surface area (Å²) in [5, 5.41) is 15.5. The molecule has 0 saturated heterocycles. The van der Waals surface area contributed by atoms with Crippen molar-refractivity contribution in [3.05, 3.63) is 36.2 Å². The summed E-state index contributed by atoms with van der Waals surface area (Å²) in [5.41, 5.74) is 3.29. The third-order valence-corrected chi connectivity index (χ3v) is 3.83. The normalized spacial score (nSPS) is 11.1. The first kappa shape index (κ1) is 15.2. The second kappa shape index (κ2) is 6.21. The van der Waals surface area contributed by atoms with Gasteiger partial charge in [-0.3, -0.25) is 14.6 Å². The number of aromatic nitrogens is 4. The van der Waals surface area contributed by atoms with Gasteiger partial charge in [0, 0.05) is 49.9 Å². The predicted octanol–water partition coefficient (Wildman–Crippen LogP) is 1.25. The highest BCUT2D eigenvalue weighted by molar-refractivity contribution is 6.01. The molecule has 0 unspecified atom stereocenters. The highest BCUT2D eigenvalue weighted by Gasteiger charge is 2.15. The summed E-state index contributed by atoms with van der Waals surface area (Å²) < 4.78 is 1.73. The van der Waals surface area contributed by atoms with E-state index in [-0.39, 0.29) is 5.91 Å². The number of amides is 1. The second-order valence-corrected chi connectivity index (χ2v) is 5.57. The van der Waals surface area contributed by atoms with Gasteiger partial charge in [-0.2, -0.15) is 10.2 Å². The molecule has 0 aliphatic carbocycles. The van der Waals surface area contributed by atoms with Crippen molar-refractivity contribution in [2.24, 2.45) is 7.05 Å². The molecule has 0 bridgehead atoms. The summed E-state index contributed by atoms with van der Waals surface area (Å²) in [6, 6.07) is 5.60. The zero-order chi connectivity index (χ0) is 16.4. The maximum absolute atomic E-state index is 12.5. The number of hydrogen-bond acceptors (Lipinski definition) is 4. The average molecular weight is 312 g/mol. The first-order valence-electron chi connectivity index (χ1n) is 7.47. The van der Waals surface area contributed by atoms with Crippen molar-refractivity contribution >= 4 is 16.8 Å². The van der Waals surface area contributed by atoms with Crippen molar-refractivity contribution in [1.82, 2.24) is 30.2 Å². The van der Waals surface area contributed by atoms with Crippen LogP contribution in [0.3, 0.4) is 0 Å². The van der Waals surface area contributed by atoms with Crippen LogP contribution in [0.15, 0.2) is 30.6 Å². The number of rotatable bonds is 5. The van der Waals surface area contributed by atoms with Crippen LogP contribution in [0.2, 0.25) is 0 Å². The van der Waals surface area contributed by atoms with E-state index in [9.17, 15) is 4.79 Å². The van der Waals surface area contributed by atoms with E-state index in [0.717, 1.165) is 28.7 Å². The summed E-state index contributed by atoms with van der Waals surface area (Å²) in [4.78, 5) is 14.2. The van der Waals surface area contributed by atoms with Gasteiger partial charge in [0.1, 0.15) is 5.69 Å². The molecule has 0 aliphatic rings. The number of benzene rings is 1. The lowest BCUT2D eigenvalue weighted by Gasteiger charge is -2.16. The molecule has 0 spiro atoms. The monoisotopic (exact) mass is 312 g/mol. The number of fused-ring (bicyclic) bond motifs is 1. The third-order valence-electron chi connectivity index (χ3n) is 3.83. The lowest BCUT2D eigenvalue weighted by Crippen LogP contribution is -2.32. The van der Waals surface area contributed by atoms with Gasteiger partial charge in [0.05, 0.1) is 11.7 Å². The largest absolute Gasteiger partial charge is 0.340 e. The fourth-order valence-electron chi connectivity index (χ4n) is 2.51. The number of likely N-dealkylation sites (N-methyl/N-ethyl adjacent to an activating group) is 2. The molecule has 23 heavy (non-hydrogen) atoms. The fourth-order valence-corrected chi connectivity index (χ4v) is 2.51. The zero-order valence-electron chi connectivity index (χ0n) is 13.5. The van der Waals surface area contributed by atoms with Crippen LogP contribution in [0.5, 0.6) is 0 Å². The molecular weight excluding hydrogens is 292 g/mol. The van der Waals surface area contributed by atoms with E-state index < -0.39 is 0 Å².